The van der Waals surface area contributed by atoms with Gasteiger partial charge in [0, 0.05) is 18.4 Å². The van der Waals surface area contributed by atoms with Crippen LogP contribution in [0.5, 0.6) is 0 Å². The molecule has 3 unspecified atom stereocenters. The van der Waals surface area contributed by atoms with Gasteiger partial charge in [0.1, 0.15) is 0 Å². The van der Waals surface area contributed by atoms with Crippen molar-refractivity contribution >= 4 is 17.8 Å². The van der Waals surface area contributed by atoms with Gasteiger partial charge < -0.3 is 15.4 Å². The molecule has 148 valence electrons. The molecule has 27 heavy (non-hydrogen) atoms. The Morgan fingerprint density at radius 2 is 2.04 bits per heavy atom. The molecular weight excluding hydrogens is 356 g/mol. The molecule has 1 spiro atoms. The first-order valence-electron chi connectivity index (χ1n) is 10.3. The van der Waals surface area contributed by atoms with Gasteiger partial charge >= 0.3 is 6.03 Å². The van der Waals surface area contributed by atoms with E-state index in [2.05, 4.69) is 48.7 Å². The summed E-state index contributed by atoms with van der Waals surface area (Å²) in [6.45, 7) is 5.38. The summed E-state index contributed by atoms with van der Waals surface area (Å²) < 4.78 is 6.09. The van der Waals surface area contributed by atoms with E-state index in [1.807, 2.05) is 11.8 Å². The summed E-state index contributed by atoms with van der Waals surface area (Å²) in [5.74, 6) is 2.24. The van der Waals surface area contributed by atoms with Gasteiger partial charge in [-0.3, -0.25) is 0 Å². The van der Waals surface area contributed by atoms with E-state index in [1.165, 1.54) is 16.9 Å². The second kappa shape index (κ2) is 7.67. The van der Waals surface area contributed by atoms with Crippen LogP contribution in [-0.2, 0) is 11.2 Å². The van der Waals surface area contributed by atoms with Crippen molar-refractivity contribution in [3.8, 4) is 0 Å². The second-order valence-electron chi connectivity index (χ2n) is 9.26. The summed E-state index contributed by atoms with van der Waals surface area (Å²) in [5, 5.41) is 6.56. The van der Waals surface area contributed by atoms with Crippen LogP contribution in [0.3, 0.4) is 0 Å². The zero-order valence-corrected chi connectivity index (χ0v) is 17.4. The number of thioether (sulfide) groups is 1. The Morgan fingerprint density at radius 3 is 2.85 bits per heavy atom. The quantitative estimate of drug-likeness (QED) is 0.736. The van der Waals surface area contributed by atoms with Gasteiger partial charge in [0.05, 0.1) is 11.6 Å². The Hall–Kier alpha value is -1.20. The standard InChI is InChI=1S/C22H32N2O2S/c1-21(2)9-7-16-5-3-4-6-18(16)19(14-21)24-20(25)23-17-8-11-26-22(13-17)10-12-27-15-22/h3-6,17,19H,7-15H2,1-2H3,(H2,23,24,25). The van der Waals surface area contributed by atoms with Gasteiger partial charge in [-0.05, 0) is 60.8 Å². The molecule has 2 N–H and O–H groups in total. The van der Waals surface area contributed by atoms with Gasteiger partial charge in [0.15, 0.2) is 0 Å². The molecule has 2 amide bonds. The number of fused-ring (bicyclic) bond motifs is 1. The fourth-order valence-electron chi connectivity index (χ4n) is 4.87. The van der Waals surface area contributed by atoms with Crippen molar-refractivity contribution in [3.05, 3.63) is 35.4 Å². The van der Waals surface area contributed by atoms with Crippen LogP contribution >= 0.6 is 11.8 Å². The first-order chi connectivity index (χ1) is 12.9. The third-order valence-electron chi connectivity index (χ3n) is 6.46. The zero-order chi connectivity index (χ0) is 18.9. The minimum atomic E-state index is -0.0276. The monoisotopic (exact) mass is 388 g/mol. The normalized spacial score (nSPS) is 32.5. The van der Waals surface area contributed by atoms with Gasteiger partial charge in [0.2, 0.25) is 0 Å². The van der Waals surface area contributed by atoms with Crippen LogP contribution < -0.4 is 10.6 Å². The number of amides is 2. The molecule has 0 bridgehead atoms. The maximum absolute atomic E-state index is 12.8. The highest BCUT2D eigenvalue weighted by molar-refractivity contribution is 7.99. The van der Waals surface area contributed by atoms with E-state index >= 15 is 0 Å². The van der Waals surface area contributed by atoms with Crippen LogP contribution in [0.2, 0.25) is 0 Å². The van der Waals surface area contributed by atoms with Gasteiger partial charge in [-0.15, -0.1) is 0 Å². The highest BCUT2D eigenvalue weighted by Gasteiger charge is 2.41. The molecule has 3 atom stereocenters. The number of urea groups is 1. The van der Waals surface area contributed by atoms with Crippen molar-refractivity contribution in [2.45, 2.75) is 70.1 Å². The second-order valence-corrected chi connectivity index (χ2v) is 10.4. The first kappa shape index (κ1) is 19.1. The molecule has 1 aromatic carbocycles. The molecule has 1 aromatic rings. The smallest absolute Gasteiger partial charge is 0.315 e. The molecule has 4 nitrogen and oxygen atoms in total. The SMILES string of the molecule is CC1(C)CCc2ccccc2C(NC(=O)NC2CCOC3(CCSC3)C2)C1. The van der Waals surface area contributed by atoms with Crippen LogP contribution in [0.15, 0.2) is 24.3 Å². The summed E-state index contributed by atoms with van der Waals surface area (Å²) in [6, 6.07) is 8.85. The van der Waals surface area contributed by atoms with Gasteiger partial charge in [-0.2, -0.15) is 11.8 Å². The maximum Gasteiger partial charge on any atom is 0.315 e. The summed E-state index contributed by atoms with van der Waals surface area (Å²) in [4.78, 5) is 12.8. The summed E-state index contributed by atoms with van der Waals surface area (Å²) in [6.07, 6.45) is 6.19. The van der Waals surface area contributed by atoms with E-state index in [1.54, 1.807) is 0 Å². The van der Waals surface area contributed by atoms with Crippen LogP contribution in [0.1, 0.15) is 63.1 Å². The molecule has 2 saturated heterocycles. The van der Waals surface area contributed by atoms with E-state index in [0.717, 1.165) is 50.9 Å². The molecule has 2 heterocycles. The van der Waals surface area contributed by atoms with Crippen molar-refractivity contribution in [1.29, 1.82) is 0 Å². The average Bonchev–Trinajstić information content (AvgIpc) is 3.02. The van der Waals surface area contributed by atoms with Crippen LogP contribution in [0.4, 0.5) is 4.79 Å². The number of rotatable bonds is 2. The summed E-state index contributed by atoms with van der Waals surface area (Å²) in [5.41, 5.74) is 2.88. The molecular formula is C22H32N2O2S. The fourth-order valence-corrected chi connectivity index (χ4v) is 6.25. The molecule has 0 saturated carbocycles. The Kier molecular flexibility index (Phi) is 5.43. The molecule has 2 fully saturated rings. The average molecular weight is 389 g/mol. The molecule has 4 rings (SSSR count). The van der Waals surface area contributed by atoms with Crippen molar-refractivity contribution in [2.24, 2.45) is 5.41 Å². The minimum absolute atomic E-state index is 0.00221. The minimum Gasteiger partial charge on any atom is -0.374 e. The Balaban J connectivity index is 1.42. The lowest BCUT2D eigenvalue weighted by Gasteiger charge is -2.38. The fraction of sp³-hybridized carbons (Fsp3) is 0.682. The number of carbonyl (C=O) groups is 1. The van der Waals surface area contributed by atoms with Crippen molar-refractivity contribution < 1.29 is 9.53 Å². The third kappa shape index (κ3) is 4.45. The number of nitrogens with one attached hydrogen (secondary N) is 2. The lowest BCUT2D eigenvalue weighted by atomic mass is 9.83. The lowest BCUT2D eigenvalue weighted by Crippen LogP contribution is -2.51. The predicted octanol–water partition coefficient (Wildman–Crippen LogP) is 4.44. The van der Waals surface area contributed by atoms with E-state index < -0.39 is 0 Å². The molecule has 0 radical (unpaired) electrons. The highest BCUT2D eigenvalue weighted by Crippen LogP contribution is 2.40. The van der Waals surface area contributed by atoms with Gasteiger partial charge in [-0.1, -0.05) is 38.1 Å². The molecule has 0 aromatic heterocycles. The van der Waals surface area contributed by atoms with Crippen LogP contribution in [0, 0.1) is 5.41 Å². The predicted molar refractivity (Wildman–Crippen MR) is 111 cm³/mol. The number of hydrogen-bond acceptors (Lipinski definition) is 3. The van der Waals surface area contributed by atoms with Crippen molar-refractivity contribution in [2.75, 3.05) is 18.1 Å². The van der Waals surface area contributed by atoms with Gasteiger partial charge in [-0.25, -0.2) is 4.79 Å². The molecule has 1 aliphatic carbocycles. The number of carbonyl (C=O) groups excluding carboxylic acids is 1. The summed E-state index contributed by atoms with van der Waals surface area (Å²) in [7, 11) is 0. The van der Waals surface area contributed by atoms with Crippen molar-refractivity contribution in [3.63, 3.8) is 0 Å². The first-order valence-corrected chi connectivity index (χ1v) is 11.5. The van der Waals surface area contributed by atoms with E-state index in [4.69, 9.17) is 4.74 Å². The van der Waals surface area contributed by atoms with Crippen LogP contribution in [-0.4, -0.2) is 35.8 Å². The molecule has 5 heteroatoms. The summed E-state index contributed by atoms with van der Waals surface area (Å²) >= 11 is 1.97. The van der Waals surface area contributed by atoms with E-state index in [-0.39, 0.29) is 29.1 Å². The molecule has 3 aliphatic rings. The number of hydrogen-bond donors (Lipinski definition) is 2. The van der Waals surface area contributed by atoms with Crippen LogP contribution in [0.25, 0.3) is 0 Å². The Labute approximate surface area is 167 Å². The highest BCUT2D eigenvalue weighted by atomic mass is 32.2. The Bertz CT molecular complexity index is 685. The van der Waals surface area contributed by atoms with Gasteiger partial charge in [0.25, 0.3) is 0 Å². The zero-order valence-electron chi connectivity index (χ0n) is 16.6. The number of aryl methyl sites for hydroxylation is 1. The van der Waals surface area contributed by atoms with E-state index in [9.17, 15) is 4.79 Å². The largest absolute Gasteiger partial charge is 0.374 e. The Morgan fingerprint density at radius 1 is 1.19 bits per heavy atom. The topological polar surface area (TPSA) is 50.4 Å². The number of ether oxygens (including phenoxy) is 1. The number of benzene rings is 1. The van der Waals surface area contributed by atoms with E-state index in [0.29, 0.717) is 0 Å². The lowest BCUT2D eigenvalue weighted by molar-refractivity contribution is -0.0684. The maximum atomic E-state index is 12.8. The molecule has 2 aliphatic heterocycles. The third-order valence-corrected chi connectivity index (χ3v) is 7.68. The van der Waals surface area contributed by atoms with Crippen molar-refractivity contribution in [1.82, 2.24) is 10.6 Å².